The molecule has 8 heteroatoms. The van der Waals surface area contributed by atoms with Gasteiger partial charge in [-0.3, -0.25) is 0 Å². The predicted molar refractivity (Wildman–Crippen MR) is 88.9 cm³/mol. The van der Waals surface area contributed by atoms with Crippen LogP contribution in [0.4, 0.5) is 8.78 Å². The molecular formula is C19H15F2NO5. The minimum atomic E-state index is -0.933. The van der Waals surface area contributed by atoms with Crippen molar-refractivity contribution in [2.45, 2.75) is 25.7 Å². The van der Waals surface area contributed by atoms with E-state index in [1.54, 1.807) is 12.1 Å². The number of hydrogen-bond donors (Lipinski definition) is 0. The molecule has 1 unspecified atom stereocenters. The molecule has 2 aromatic carbocycles. The second kappa shape index (κ2) is 7.32. The van der Waals surface area contributed by atoms with Crippen LogP contribution in [0.1, 0.15) is 23.1 Å². The normalized spacial score (nSPS) is 18.1. The van der Waals surface area contributed by atoms with Crippen molar-refractivity contribution < 1.29 is 32.6 Å². The second-order valence-electron chi connectivity index (χ2n) is 6.12. The van der Waals surface area contributed by atoms with Gasteiger partial charge in [0.15, 0.2) is 6.79 Å². The molecule has 0 bridgehead atoms. The first-order valence-corrected chi connectivity index (χ1v) is 8.27. The number of esters is 1. The molecule has 0 fully saturated rings. The van der Waals surface area contributed by atoms with E-state index < -0.39 is 23.7 Å². The fourth-order valence-corrected chi connectivity index (χ4v) is 2.95. The molecule has 2 aliphatic heterocycles. The number of fused-ring (bicyclic) bond motifs is 1. The number of rotatable bonds is 4. The predicted octanol–water partition coefficient (Wildman–Crippen LogP) is 3.07. The first-order chi connectivity index (χ1) is 13.1. The van der Waals surface area contributed by atoms with Crippen molar-refractivity contribution in [3.8, 4) is 5.75 Å². The highest BCUT2D eigenvalue weighted by atomic mass is 19.1. The molecule has 0 radical (unpaired) electrons. The van der Waals surface area contributed by atoms with E-state index in [1.807, 2.05) is 0 Å². The summed E-state index contributed by atoms with van der Waals surface area (Å²) in [6.45, 7) is 0.106. The summed E-state index contributed by atoms with van der Waals surface area (Å²) in [5.74, 6) is -1.06. The van der Waals surface area contributed by atoms with E-state index in [1.165, 1.54) is 24.3 Å². The van der Waals surface area contributed by atoms with Crippen LogP contribution < -0.4 is 4.74 Å². The lowest BCUT2D eigenvalue weighted by Crippen LogP contribution is -2.24. The van der Waals surface area contributed by atoms with Crippen LogP contribution in [-0.4, -0.2) is 24.6 Å². The van der Waals surface area contributed by atoms with Crippen molar-refractivity contribution >= 4 is 11.7 Å². The number of nitrogens with zero attached hydrogens (tertiary/aromatic N) is 1. The highest BCUT2D eigenvalue weighted by molar-refractivity contribution is 6.03. The van der Waals surface area contributed by atoms with Gasteiger partial charge in [0.2, 0.25) is 6.10 Å². The van der Waals surface area contributed by atoms with Gasteiger partial charge in [0.05, 0.1) is 12.3 Å². The lowest BCUT2D eigenvalue weighted by atomic mass is 10.1. The van der Waals surface area contributed by atoms with Crippen LogP contribution in [0.2, 0.25) is 0 Å². The van der Waals surface area contributed by atoms with E-state index in [4.69, 9.17) is 19.0 Å². The maximum Gasteiger partial charge on any atom is 0.350 e. The van der Waals surface area contributed by atoms with Crippen LogP contribution in [0.3, 0.4) is 0 Å². The van der Waals surface area contributed by atoms with Crippen LogP contribution in [0.25, 0.3) is 0 Å². The topological polar surface area (TPSA) is 66.4 Å². The third-order valence-electron chi connectivity index (χ3n) is 4.21. The van der Waals surface area contributed by atoms with Crippen molar-refractivity contribution in [3.63, 3.8) is 0 Å². The molecule has 6 nitrogen and oxygen atoms in total. The molecule has 27 heavy (non-hydrogen) atoms. The minimum Gasteiger partial charge on any atom is -0.467 e. The van der Waals surface area contributed by atoms with Gasteiger partial charge < -0.3 is 19.0 Å². The van der Waals surface area contributed by atoms with Crippen LogP contribution in [-0.2, 0) is 32.3 Å². The smallest absolute Gasteiger partial charge is 0.350 e. The summed E-state index contributed by atoms with van der Waals surface area (Å²) in [7, 11) is 0. The van der Waals surface area contributed by atoms with Gasteiger partial charge in [-0.05, 0) is 24.3 Å². The Balaban J connectivity index is 1.39. The van der Waals surface area contributed by atoms with Crippen LogP contribution in [0, 0.1) is 11.6 Å². The summed E-state index contributed by atoms with van der Waals surface area (Å²) in [6, 6.07) is 8.43. The summed E-state index contributed by atoms with van der Waals surface area (Å²) < 4.78 is 42.8. The molecule has 0 saturated heterocycles. The van der Waals surface area contributed by atoms with E-state index in [0.29, 0.717) is 28.2 Å². The molecule has 0 N–H and O–H groups in total. The fraction of sp³-hybridized carbons (Fsp3) is 0.263. The Morgan fingerprint density at radius 2 is 2.11 bits per heavy atom. The van der Waals surface area contributed by atoms with Crippen molar-refractivity contribution in [2.24, 2.45) is 5.16 Å². The van der Waals surface area contributed by atoms with Gasteiger partial charge in [-0.15, -0.1) is 0 Å². The number of benzene rings is 2. The number of carbonyl (C=O) groups is 1. The summed E-state index contributed by atoms with van der Waals surface area (Å²) in [5.41, 5.74) is 1.96. The van der Waals surface area contributed by atoms with Gasteiger partial charge in [-0.2, -0.15) is 0 Å². The Bertz CT molecular complexity index is 915. The molecule has 0 aromatic heterocycles. The lowest BCUT2D eigenvalue weighted by molar-refractivity contribution is -0.156. The van der Waals surface area contributed by atoms with Crippen molar-refractivity contribution in [1.29, 1.82) is 0 Å². The van der Waals surface area contributed by atoms with Crippen LogP contribution >= 0.6 is 0 Å². The third-order valence-corrected chi connectivity index (χ3v) is 4.21. The Hall–Kier alpha value is -3.00. The zero-order chi connectivity index (χ0) is 18.8. The zero-order valence-corrected chi connectivity index (χ0v) is 14.1. The molecular weight excluding hydrogens is 360 g/mol. The van der Waals surface area contributed by atoms with E-state index in [9.17, 15) is 13.6 Å². The van der Waals surface area contributed by atoms with Gasteiger partial charge >= 0.3 is 5.97 Å². The number of oxime groups is 1. The van der Waals surface area contributed by atoms with Crippen molar-refractivity contribution in [3.05, 3.63) is 64.7 Å². The molecule has 2 heterocycles. The number of ether oxygens (including phenoxy) is 3. The standard InChI is InChI=1S/C19H15F2NO5/c20-14-3-1-2-11(4-14)16-7-17(27-22-16)19(23)25-9-13-6-15(21)5-12-8-24-10-26-18(12)13/h1-6,17H,7-10H2. The average molecular weight is 375 g/mol. The highest BCUT2D eigenvalue weighted by Crippen LogP contribution is 2.30. The Labute approximate surface area is 153 Å². The van der Waals surface area contributed by atoms with Gasteiger partial charge in [0.1, 0.15) is 24.0 Å². The molecule has 4 rings (SSSR count). The van der Waals surface area contributed by atoms with Crippen LogP contribution in [0.5, 0.6) is 5.75 Å². The fourth-order valence-electron chi connectivity index (χ4n) is 2.95. The third kappa shape index (κ3) is 3.75. The van der Waals surface area contributed by atoms with Gasteiger partial charge in [0.25, 0.3) is 0 Å². The summed E-state index contributed by atoms with van der Waals surface area (Å²) in [4.78, 5) is 17.4. The summed E-state index contributed by atoms with van der Waals surface area (Å²) in [6.07, 6.45) is -0.773. The maximum atomic E-state index is 13.7. The van der Waals surface area contributed by atoms with Gasteiger partial charge in [-0.1, -0.05) is 17.3 Å². The lowest BCUT2D eigenvalue weighted by Gasteiger charge is -2.21. The average Bonchev–Trinajstić information content (AvgIpc) is 3.16. The first-order valence-electron chi connectivity index (χ1n) is 8.27. The van der Waals surface area contributed by atoms with Crippen molar-refractivity contribution in [2.75, 3.05) is 6.79 Å². The zero-order valence-electron chi connectivity index (χ0n) is 14.1. The van der Waals surface area contributed by atoms with E-state index in [2.05, 4.69) is 5.16 Å². The highest BCUT2D eigenvalue weighted by Gasteiger charge is 2.31. The minimum absolute atomic E-state index is 0.0517. The molecule has 2 aliphatic rings. The van der Waals surface area contributed by atoms with Crippen LogP contribution in [0.15, 0.2) is 41.6 Å². The van der Waals surface area contributed by atoms with E-state index >= 15 is 0 Å². The molecule has 140 valence electrons. The molecule has 0 saturated carbocycles. The molecule has 0 amide bonds. The maximum absolute atomic E-state index is 13.7. The Morgan fingerprint density at radius 1 is 1.22 bits per heavy atom. The van der Waals surface area contributed by atoms with E-state index in [0.717, 1.165) is 0 Å². The first kappa shape index (κ1) is 17.4. The second-order valence-corrected chi connectivity index (χ2v) is 6.12. The molecule has 1 atom stereocenters. The quantitative estimate of drug-likeness (QED) is 0.769. The monoisotopic (exact) mass is 375 g/mol. The number of halogens is 2. The number of hydrogen-bond acceptors (Lipinski definition) is 6. The molecule has 0 spiro atoms. The SMILES string of the molecule is O=C(OCc1cc(F)cc2c1OCOC2)C1CC(c2cccc(F)c2)=NO1. The van der Waals surface area contributed by atoms with Gasteiger partial charge in [0, 0.05) is 23.1 Å². The molecule has 0 aliphatic carbocycles. The summed E-state index contributed by atoms with van der Waals surface area (Å²) >= 11 is 0. The largest absolute Gasteiger partial charge is 0.467 e. The Morgan fingerprint density at radius 3 is 2.96 bits per heavy atom. The summed E-state index contributed by atoms with van der Waals surface area (Å²) in [5, 5.41) is 3.84. The number of carbonyl (C=O) groups excluding carboxylic acids is 1. The van der Waals surface area contributed by atoms with Crippen molar-refractivity contribution in [1.82, 2.24) is 0 Å². The van der Waals surface area contributed by atoms with Gasteiger partial charge in [-0.25, -0.2) is 13.6 Å². The molecule has 2 aromatic rings. The Kier molecular flexibility index (Phi) is 4.72. The van der Waals surface area contributed by atoms with E-state index in [-0.39, 0.29) is 26.4 Å².